The van der Waals surface area contributed by atoms with Crippen LogP contribution < -0.4 is 0 Å². The van der Waals surface area contributed by atoms with Crippen LogP contribution in [0.1, 0.15) is 13.8 Å². The third-order valence-electron chi connectivity index (χ3n) is 0.667. The van der Waals surface area contributed by atoms with E-state index in [-0.39, 0.29) is 0 Å². The van der Waals surface area contributed by atoms with E-state index in [1.807, 2.05) is 13.8 Å². The van der Waals surface area contributed by atoms with E-state index in [1.54, 1.807) is 13.2 Å². The first-order valence-corrected chi connectivity index (χ1v) is 3.59. The van der Waals surface area contributed by atoms with Crippen LogP contribution in [0, 0.1) is 0 Å². The van der Waals surface area contributed by atoms with E-state index in [1.165, 1.54) is 0 Å². The molecule has 10 heavy (non-hydrogen) atoms. The Labute approximate surface area is 63.8 Å². The van der Waals surface area contributed by atoms with E-state index >= 15 is 0 Å². The van der Waals surface area contributed by atoms with Crippen molar-refractivity contribution in [3.05, 3.63) is 12.7 Å². The zero-order valence-electron chi connectivity index (χ0n) is 7.22. The van der Waals surface area contributed by atoms with Gasteiger partial charge < -0.3 is 9.47 Å². The van der Waals surface area contributed by atoms with Gasteiger partial charge in [0.1, 0.15) is 0 Å². The molecule has 0 bridgehead atoms. The zero-order chi connectivity index (χ0) is 8.24. The predicted octanol–water partition coefficient (Wildman–Crippen LogP) is 1.86. The molecule has 0 rings (SSSR count). The fraction of sp³-hybridized carbons (Fsp3) is 0.750. The molecular weight excluding hydrogens is 128 g/mol. The number of rotatable bonds is 5. The normalized spacial score (nSPS) is 7.90. The van der Waals surface area contributed by atoms with Gasteiger partial charge in [-0.3, -0.25) is 0 Å². The first-order valence-electron chi connectivity index (χ1n) is 3.59. The first kappa shape index (κ1) is 12.3. The second-order valence-corrected chi connectivity index (χ2v) is 1.36. The van der Waals surface area contributed by atoms with E-state index in [2.05, 4.69) is 6.58 Å². The fourth-order valence-corrected chi connectivity index (χ4v) is 0.309. The summed E-state index contributed by atoms with van der Waals surface area (Å²) in [4.78, 5) is 0. The molecule has 2 nitrogen and oxygen atoms in total. The topological polar surface area (TPSA) is 18.5 Å². The van der Waals surface area contributed by atoms with Gasteiger partial charge in [0.05, 0.1) is 19.8 Å². The molecule has 0 saturated carbocycles. The third kappa shape index (κ3) is 15.6. The minimum absolute atomic E-state index is 0.614. The van der Waals surface area contributed by atoms with E-state index in [4.69, 9.17) is 9.47 Å². The Morgan fingerprint density at radius 2 is 1.90 bits per heavy atom. The van der Waals surface area contributed by atoms with Crippen molar-refractivity contribution in [2.75, 3.05) is 26.9 Å². The molecule has 0 aliphatic carbocycles. The van der Waals surface area contributed by atoms with E-state index in [9.17, 15) is 0 Å². The molecule has 2 heteroatoms. The van der Waals surface area contributed by atoms with Gasteiger partial charge in [-0.15, -0.1) is 6.58 Å². The van der Waals surface area contributed by atoms with Gasteiger partial charge in [-0.05, 0) is 0 Å². The molecule has 0 unspecified atom stereocenters. The lowest BCUT2D eigenvalue weighted by atomic mass is 10.7. The molecule has 0 N–H and O–H groups in total. The van der Waals surface area contributed by atoms with Gasteiger partial charge in [-0.1, -0.05) is 19.9 Å². The van der Waals surface area contributed by atoms with Gasteiger partial charge >= 0.3 is 0 Å². The molecule has 0 amide bonds. The standard InChI is InChI=1S/C6H12O2.C2H6/c1-3-4-8-6-5-7-2;1-2/h3H,1,4-6H2,2H3;1-2H3. The van der Waals surface area contributed by atoms with Crippen LogP contribution in [0.2, 0.25) is 0 Å². The molecule has 62 valence electrons. The second-order valence-electron chi connectivity index (χ2n) is 1.36. The van der Waals surface area contributed by atoms with Crippen molar-refractivity contribution in [1.29, 1.82) is 0 Å². The van der Waals surface area contributed by atoms with Gasteiger partial charge in [0.2, 0.25) is 0 Å². The summed E-state index contributed by atoms with van der Waals surface area (Å²) in [5.41, 5.74) is 0. The summed E-state index contributed by atoms with van der Waals surface area (Å²) in [6.45, 7) is 9.42. The average molecular weight is 146 g/mol. The van der Waals surface area contributed by atoms with Gasteiger partial charge in [-0.2, -0.15) is 0 Å². The largest absolute Gasteiger partial charge is 0.382 e. The molecule has 0 aromatic rings. The van der Waals surface area contributed by atoms with E-state index < -0.39 is 0 Å². The summed E-state index contributed by atoms with van der Waals surface area (Å²) in [7, 11) is 1.65. The minimum atomic E-state index is 0.614. The van der Waals surface area contributed by atoms with Crippen LogP contribution in [0.3, 0.4) is 0 Å². The molecule has 0 atom stereocenters. The number of ether oxygens (including phenoxy) is 2. The Bertz CT molecular complexity index is 53.2. The fourth-order valence-electron chi connectivity index (χ4n) is 0.309. The van der Waals surface area contributed by atoms with Gasteiger partial charge in [0.15, 0.2) is 0 Å². The van der Waals surface area contributed by atoms with Crippen molar-refractivity contribution in [2.24, 2.45) is 0 Å². The lowest BCUT2D eigenvalue weighted by Crippen LogP contribution is -2.00. The monoisotopic (exact) mass is 146 g/mol. The summed E-state index contributed by atoms with van der Waals surface area (Å²) in [6.07, 6.45) is 1.72. The molecule has 0 fully saturated rings. The van der Waals surface area contributed by atoms with E-state index in [0.29, 0.717) is 19.8 Å². The number of hydrogen-bond acceptors (Lipinski definition) is 2. The Balaban J connectivity index is 0. The van der Waals surface area contributed by atoms with Crippen molar-refractivity contribution in [1.82, 2.24) is 0 Å². The van der Waals surface area contributed by atoms with Crippen molar-refractivity contribution in [3.8, 4) is 0 Å². The van der Waals surface area contributed by atoms with Crippen LogP contribution in [0.4, 0.5) is 0 Å². The Kier molecular flexibility index (Phi) is 19.6. The SMILES string of the molecule is C=CCOCCOC.CC. The molecular formula is C8H18O2. The maximum atomic E-state index is 4.98. The Hall–Kier alpha value is -0.340. The van der Waals surface area contributed by atoms with Crippen molar-refractivity contribution in [3.63, 3.8) is 0 Å². The number of hydrogen-bond donors (Lipinski definition) is 0. The summed E-state index contributed by atoms with van der Waals surface area (Å²) in [5.74, 6) is 0. The quantitative estimate of drug-likeness (QED) is 0.435. The summed E-state index contributed by atoms with van der Waals surface area (Å²) < 4.78 is 9.71. The molecule has 0 spiro atoms. The summed E-state index contributed by atoms with van der Waals surface area (Å²) in [5, 5.41) is 0. The lowest BCUT2D eigenvalue weighted by molar-refractivity contribution is 0.0854. The molecule has 0 heterocycles. The highest BCUT2D eigenvalue weighted by Gasteiger charge is 1.79. The number of methoxy groups -OCH3 is 1. The average Bonchev–Trinajstić information content (AvgIpc) is 2.02. The summed E-state index contributed by atoms with van der Waals surface area (Å²) >= 11 is 0. The molecule has 0 aromatic carbocycles. The first-order chi connectivity index (χ1) is 4.91. The van der Waals surface area contributed by atoms with Crippen molar-refractivity contribution < 1.29 is 9.47 Å². The van der Waals surface area contributed by atoms with E-state index in [0.717, 1.165) is 0 Å². The van der Waals surface area contributed by atoms with Gasteiger partial charge in [0, 0.05) is 7.11 Å². The predicted molar refractivity (Wildman–Crippen MR) is 44.2 cm³/mol. The smallest absolute Gasteiger partial charge is 0.0704 e. The minimum Gasteiger partial charge on any atom is -0.382 e. The third-order valence-corrected chi connectivity index (χ3v) is 0.667. The van der Waals surface area contributed by atoms with Crippen LogP contribution in [-0.4, -0.2) is 26.9 Å². The van der Waals surface area contributed by atoms with Crippen LogP contribution in [-0.2, 0) is 9.47 Å². The van der Waals surface area contributed by atoms with Crippen LogP contribution in [0.15, 0.2) is 12.7 Å². The zero-order valence-corrected chi connectivity index (χ0v) is 7.22. The van der Waals surface area contributed by atoms with Gasteiger partial charge in [0.25, 0.3) is 0 Å². The highest BCUT2D eigenvalue weighted by atomic mass is 16.5. The van der Waals surface area contributed by atoms with Crippen LogP contribution >= 0.6 is 0 Å². The molecule has 0 aliphatic heterocycles. The Morgan fingerprint density at radius 1 is 1.30 bits per heavy atom. The second kappa shape index (κ2) is 15.9. The maximum absolute atomic E-state index is 4.98. The molecule has 0 saturated heterocycles. The molecule has 0 radical (unpaired) electrons. The lowest BCUT2D eigenvalue weighted by Gasteiger charge is -1.96. The van der Waals surface area contributed by atoms with Crippen LogP contribution in [0.25, 0.3) is 0 Å². The maximum Gasteiger partial charge on any atom is 0.0704 e. The summed E-state index contributed by atoms with van der Waals surface area (Å²) in [6, 6.07) is 0. The van der Waals surface area contributed by atoms with Crippen molar-refractivity contribution >= 4 is 0 Å². The van der Waals surface area contributed by atoms with Crippen molar-refractivity contribution in [2.45, 2.75) is 13.8 Å². The van der Waals surface area contributed by atoms with Gasteiger partial charge in [-0.25, -0.2) is 0 Å². The highest BCUT2D eigenvalue weighted by molar-refractivity contribution is 4.63. The molecule has 0 aromatic heterocycles. The Morgan fingerprint density at radius 3 is 2.30 bits per heavy atom. The van der Waals surface area contributed by atoms with Crippen LogP contribution in [0.5, 0.6) is 0 Å². The molecule has 0 aliphatic rings. The highest BCUT2D eigenvalue weighted by Crippen LogP contribution is 1.74.